The minimum Gasteiger partial charge on any atom is -0.491 e. The second-order valence-electron chi connectivity index (χ2n) is 13.0. The Morgan fingerprint density at radius 1 is 0.780 bits per heavy atom. The lowest BCUT2D eigenvalue weighted by molar-refractivity contribution is -0.138. The number of aromatic nitrogens is 1. The second kappa shape index (κ2) is 26.9. The molecule has 0 radical (unpaired) electrons. The molecule has 0 bridgehead atoms. The van der Waals surface area contributed by atoms with Crippen LogP contribution in [0.4, 0.5) is 5.82 Å². The van der Waals surface area contributed by atoms with E-state index in [1.165, 1.54) is 0 Å². The molecule has 0 spiro atoms. The molecule has 1 aromatic heterocycles. The van der Waals surface area contributed by atoms with E-state index in [1.54, 1.807) is 25.3 Å². The smallest absolute Gasteiger partial charge is 0.305 e. The summed E-state index contributed by atoms with van der Waals surface area (Å²) in [5.41, 5.74) is 10.7. The first-order valence-electron chi connectivity index (χ1n) is 19.5. The molecule has 0 saturated carbocycles. The maximum absolute atomic E-state index is 12.8. The Kier molecular flexibility index (Phi) is 20.8. The number of pyridine rings is 1. The number of methoxy groups -OCH3 is 1. The van der Waals surface area contributed by atoms with E-state index < -0.39 is 17.9 Å². The van der Waals surface area contributed by atoms with Crippen LogP contribution in [0.15, 0.2) is 84.0 Å². The first kappa shape index (κ1) is 45.7. The van der Waals surface area contributed by atoms with Crippen LogP contribution in [0.25, 0.3) is 32.3 Å². The highest BCUT2D eigenvalue weighted by Gasteiger charge is 2.19. The molecule has 316 valence electrons. The number of unbranched alkanes of at least 4 members (excludes halogenated alkanes) is 1. The molecule has 17 nitrogen and oxygen atoms in total. The van der Waals surface area contributed by atoms with Gasteiger partial charge in [0.25, 0.3) is 0 Å². The third-order valence-corrected chi connectivity index (χ3v) is 8.74. The van der Waals surface area contributed by atoms with Crippen molar-refractivity contribution in [3.63, 3.8) is 0 Å². The molecule has 0 saturated heterocycles. The van der Waals surface area contributed by atoms with Crippen LogP contribution in [0.5, 0.6) is 11.6 Å². The number of nitrogens with zero attached hydrogens (tertiary/aromatic N) is 4. The Labute approximate surface area is 343 Å². The first-order valence-corrected chi connectivity index (χ1v) is 19.5. The van der Waals surface area contributed by atoms with Gasteiger partial charge in [-0.1, -0.05) is 65.8 Å². The third kappa shape index (κ3) is 17.2. The maximum atomic E-state index is 12.8. The number of azide groups is 1. The van der Waals surface area contributed by atoms with Gasteiger partial charge in [-0.05, 0) is 52.6 Å². The van der Waals surface area contributed by atoms with Crippen molar-refractivity contribution in [3.05, 3.63) is 94.9 Å². The van der Waals surface area contributed by atoms with Crippen molar-refractivity contribution < 1.29 is 47.9 Å². The predicted molar refractivity (Wildman–Crippen MR) is 221 cm³/mol. The summed E-state index contributed by atoms with van der Waals surface area (Å²) in [6, 6.07) is 23.8. The minimum absolute atomic E-state index is 0.244. The average Bonchev–Trinajstić information content (AvgIpc) is 3.25. The Morgan fingerprint density at radius 3 is 2.14 bits per heavy atom. The molecule has 17 heteroatoms. The van der Waals surface area contributed by atoms with Gasteiger partial charge in [0.15, 0.2) is 0 Å². The summed E-state index contributed by atoms with van der Waals surface area (Å²) in [4.78, 5) is 43.9. The third-order valence-electron chi connectivity index (χ3n) is 8.74. The molecule has 4 N–H and O–H groups in total. The number of carbonyl (C=O) groups excluding carboxylic acids is 2. The summed E-state index contributed by atoms with van der Waals surface area (Å²) in [7, 11) is 1.55. The normalized spacial score (nSPS) is 11.3. The van der Waals surface area contributed by atoms with E-state index in [1.807, 2.05) is 60.7 Å². The Hall–Kier alpha value is -5.97. The van der Waals surface area contributed by atoms with E-state index in [-0.39, 0.29) is 25.3 Å². The van der Waals surface area contributed by atoms with E-state index in [0.29, 0.717) is 96.2 Å². The van der Waals surface area contributed by atoms with E-state index in [2.05, 4.69) is 31.0 Å². The number of ether oxygens (including phenoxy) is 6. The number of nitrogens with one attached hydrogen (secondary N) is 3. The number of benzene rings is 3. The zero-order chi connectivity index (χ0) is 41.9. The van der Waals surface area contributed by atoms with Crippen LogP contribution in [-0.2, 0) is 33.3 Å². The number of fused-ring (bicyclic) bond motifs is 1. The summed E-state index contributed by atoms with van der Waals surface area (Å²) in [6.45, 7) is 4.33. The van der Waals surface area contributed by atoms with Gasteiger partial charge >= 0.3 is 5.97 Å². The first-order chi connectivity index (χ1) is 28.9. The number of amides is 2. The Bertz CT molecular complexity index is 1940. The largest absolute Gasteiger partial charge is 0.491 e. The summed E-state index contributed by atoms with van der Waals surface area (Å²) >= 11 is 0. The fraction of sp³-hybridized carbons (Fsp3) is 0.429. The van der Waals surface area contributed by atoms with Gasteiger partial charge in [-0.25, -0.2) is 0 Å². The minimum atomic E-state index is -1.07. The van der Waals surface area contributed by atoms with Crippen molar-refractivity contribution in [2.75, 3.05) is 91.5 Å². The quantitative estimate of drug-likeness (QED) is 0.0215. The van der Waals surface area contributed by atoms with Gasteiger partial charge in [-0.3, -0.25) is 14.4 Å². The van der Waals surface area contributed by atoms with Crippen LogP contribution in [0.3, 0.4) is 0 Å². The zero-order valence-electron chi connectivity index (χ0n) is 33.3. The molecular weight excluding hydrogens is 763 g/mol. The number of carboxylic acids is 1. The van der Waals surface area contributed by atoms with Gasteiger partial charge in [0.2, 0.25) is 17.7 Å². The summed E-state index contributed by atoms with van der Waals surface area (Å²) < 4.78 is 33.1. The van der Waals surface area contributed by atoms with Crippen molar-refractivity contribution in [1.29, 1.82) is 0 Å². The molecule has 0 unspecified atom stereocenters. The topological polar surface area (TPSA) is 225 Å². The Morgan fingerprint density at radius 2 is 1.46 bits per heavy atom. The molecule has 0 aliphatic rings. The highest BCUT2D eigenvalue weighted by atomic mass is 16.6. The fourth-order valence-corrected chi connectivity index (χ4v) is 5.86. The number of carbonyl (C=O) groups is 3. The maximum Gasteiger partial charge on any atom is 0.305 e. The lowest BCUT2D eigenvalue weighted by Gasteiger charge is -2.19. The molecular formula is C42H53N7O10. The van der Waals surface area contributed by atoms with Gasteiger partial charge in [0, 0.05) is 35.9 Å². The summed E-state index contributed by atoms with van der Waals surface area (Å²) in [6.07, 6.45) is 1.25. The highest BCUT2D eigenvalue weighted by Crippen LogP contribution is 2.35. The molecule has 0 aliphatic carbocycles. The lowest BCUT2D eigenvalue weighted by Crippen LogP contribution is -2.39. The number of anilines is 1. The number of hydrogen-bond donors (Lipinski definition) is 4. The van der Waals surface area contributed by atoms with Gasteiger partial charge < -0.3 is 49.5 Å². The number of carboxylic acid groups (broad SMARTS) is 1. The van der Waals surface area contributed by atoms with Gasteiger partial charge in [0.1, 0.15) is 18.2 Å². The van der Waals surface area contributed by atoms with Gasteiger partial charge in [-0.2, -0.15) is 4.98 Å². The molecule has 4 rings (SSSR count). The Balaban J connectivity index is 1.18. The van der Waals surface area contributed by atoms with Crippen molar-refractivity contribution in [3.8, 4) is 22.8 Å². The monoisotopic (exact) mass is 815 g/mol. The highest BCUT2D eigenvalue weighted by molar-refractivity contribution is 6.00. The number of hydrogen-bond acceptors (Lipinski definition) is 12. The number of rotatable bonds is 30. The lowest BCUT2D eigenvalue weighted by atomic mass is 9.95. The van der Waals surface area contributed by atoms with Crippen LogP contribution < -0.4 is 25.4 Å². The van der Waals surface area contributed by atoms with Crippen molar-refractivity contribution >= 4 is 34.4 Å². The van der Waals surface area contributed by atoms with Crippen molar-refractivity contribution in [2.45, 2.75) is 31.7 Å². The zero-order valence-corrected chi connectivity index (χ0v) is 33.3. The molecule has 0 fully saturated rings. The van der Waals surface area contributed by atoms with E-state index in [4.69, 9.17) is 34.0 Å². The molecule has 4 aromatic rings. The van der Waals surface area contributed by atoms with E-state index in [9.17, 15) is 19.5 Å². The standard InChI is InChI=1S/C42H53N7O10/c1-54-41-11-6-9-38(48-41)44-18-5-4-10-39(50)45-30-40(51)47-36(29-42(52)53)32-14-12-31(13-15-32)33-16-17-37(35-8-3-2-7-34(33)35)59-28-27-58-26-25-57-24-23-56-22-21-55-20-19-46-49-43/h2-3,6-9,11-17,36H,4-5,10,18-30H2,1H3,(H,44,48)(H,45,50)(H,47,51)(H,52,53)/t36-/m0/s1. The van der Waals surface area contributed by atoms with E-state index in [0.717, 1.165) is 34.1 Å². The van der Waals surface area contributed by atoms with Crippen LogP contribution >= 0.6 is 0 Å². The predicted octanol–water partition coefficient (Wildman–Crippen LogP) is 5.70. The fourth-order valence-electron chi connectivity index (χ4n) is 5.86. The SMILES string of the molecule is COc1cccc(NCCCCC(=O)NCC(=O)N[C@@H](CC(=O)O)c2ccc(-c3ccc(OCCOCCOCCOCCOCCN=[N+]=[N-])c4ccccc34)cc2)n1. The van der Waals surface area contributed by atoms with Crippen LogP contribution in [0.1, 0.15) is 37.3 Å². The average molecular weight is 816 g/mol. The molecule has 59 heavy (non-hydrogen) atoms. The van der Waals surface area contributed by atoms with Crippen LogP contribution in [0, 0.1) is 0 Å². The molecule has 2 amide bonds. The molecule has 0 aliphatic heterocycles. The second-order valence-corrected chi connectivity index (χ2v) is 13.0. The molecule has 1 heterocycles. The summed E-state index contributed by atoms with van der Waals surface area (Å²) in [5, 5.41) is 23.5. The van der Waals surface area contributed by atoms with Gasteiger partial charge in [0.05, 0.1) is 79.0 Å². The van der Waals surface area contributed by atoms with Crippen molar-refractivity contribution in [2.24, 2.45) is 5.11 Å². The van der Waals surface area contributed by atoms with Crippen LogP contribution in [0.2, 0.25) is 0 Å². The van der Waals surface area contributed by atoms with Crippen LogP contribution in [-0.4, -0.2) is 114 Å². The molecule has 3 aromatic carbocycles. The number of aliphatic carboxylic acids is 1. The van der Waals surface area contributed by atoms with E-state index >= 15 is 0 Å². The van der Waals surface area contributed by atoms with Crippen molar-refractivity contribution in [1.82, 2.24) is 15.6 Å². The molecule has 1 atom stereocenters. The van der Waals surface area contributed by atoms with Gasteiger partial charge in [-0.15, -0.1) is 0 Å². The summed E-state index contributed by atoms with van der Waals surface area (Å²) in [5.74, 6) is 0.0923.